The Morgan fingerprint density at radius 3 is 2.61 bits per heavy atom. The second-order valence-corrected chi connectivity index (χ2v) is 7.27. The maximum atomic E-state index is 12.9. The van der Waals surface area contributed by atoms with Crippen molar-refractivity contribution in [2.24, 2.45) is 0 Å². The number of likely N-dealkylation sites (tertiary alicyclic amines) is 1. The lowest BCUT2D eigenvalue weighted by Crippen LogP contribution is -2.43. The molecule has 0 spiro atoms. The number of benzene rings is 2. The van der Waals surface area contributed by atoms with Crippen molar-refractivity contribution >= 4 is 11.8 Å². The fourth-order valence-electron chi connectivity index (χ4n) is 3.73. The Kier molecular flexibility index (Phi) is 6.80. The molecule has 1 aliphatic rings. The van der Waals surface area contributed by atoms with Crippen LogP contribution in [0.5, 0.6) is 0 Å². The van der Waals surface area contributed by atoms with Gasteiger partial charge in [0.1, 0.15) is 5.82 Å². The lowest BCUT2D eigenvalue weighted by molar-refractivity contribution is 0.0608. The number of amides is 2. The third kappa shape index (κ3) is 4.97. The van der Waals surface area contributed by atoms with Crippen molar-refractivity contribution in [1.29, 1.82) is 0 Å². The molecule has 5 heteroatoms. The molecular weight excluding hydrogens is 355 g/mol. The highest BCUT2D eigenvalue weighted by atomic mass is 19.1. The molecule has 2 aromatic rings. The van der Waals surface area contributed by atoms with Crippen molar-refractivity contribution in [3.8, 4) is 0 Å². The normalized spacial score (nSPS) is 16.6. The van der Waals surface area contributed by atoms with Gasteiger partial charge in [-0.15, -0.1) is 0 Å². The number of piperidine rings is 1. The highest BCUT2D eigenvalue weighted by Gasteiger charge is 2.26. The molecule has 1 unspecified atom stereocenters. The van der Waals surface area contributed by atoms with Crippen LogP contribution in [0.25, 0.3) is 0 Å². The molecule has 2 amide bonds. The molecule has 0 saturated carbocycles. The van der Waals surface area contributed by atoms with Gasteiger partial charge in [-0.3, -0.25) is 9.59 Å². The van der Waals surface area contributed by atoms with Gasteiger partial charge in [0, 0.05) is 30.3 Å². The minimum atomic E-state index is -0.270. The van der Waals surface area contributed by atoms with Crippen LogP contribution in [0.1, 0.15) is 58.9 Å². The predicted molar refractivity (Wildman–Crippen MR) is 108 cm³/mol. The maximum Gasteiger partial charge on any atom is 0.254 e. The Labute approximate surface area is 165 Å². The zero-order valence-electron chi connectivity index (χ0n) is 16.3. The number of rotatable bonds is 6. The smallest absolute Gasteiger partial charge is 0.254 e. The number of hydrogen-bond donors (Lipinski definition) is 1. The molecule has 1 N–H and O–H groups in total. The zero-order chi connectivity index (χ0) is 19.9. The highest BCUT2D eigenvalue weighted by Crippen LogP contribution is 2.22. The molecule has 0 radical (unpaired) electrons. The van der Waals surface area contributed by atoms with Gasteiger partial charge in [0.15, 0.2) is 0 Å². The number of hydrogen-bond acceptors (Lipinski definition) is 2. The lowest BCUT2D eigenvalue weighted by Gasteiger charge is -2.35. The Morgan fingerprint density at radius 2 is 1.86 bits per heavy atom. The number of nitrogens with one attached hydrogen (secondary N) is 1. The van der Waals surface area contributed by atoms with Crippen LogP contribution in [0.2, 0.25) is 0 Å². The van der Waals surface area contributed by atoms with Crippen LogP contribution in [0.4, 0.5) is 4.39 Å². The van der Waals surface area contributed by atoms with E-state index in [-0.39, 0.29) is 23.7 Å². The van der Waals surface area contributed by atoms with Gasteiger partial charge in [-0.1, -0.05) is 25.1 Å². The second kappa shape index (κ2) is 9.49. The Morgan fingerprint density at radius 1 is 1.11 bits per heavy atom. The Balaban J connectivity index is 1.60. The van der Waals surface area contributed by atoms with E-state index in [0.717, 1.165) is 31.4 Å². The summed E-state index contributed by atoms with van der Waals surface area (Å²) < 4.78 is 12.9. The molecule has 0 aliphatic carbocycles. The number of carbonyl (C=O) groups is 2. The first-order chi connectivity index (χ1) is 13.6. The van der Waals surface area contributed by atoms with Crippen LogP contribution >= 0.6 is 0 Å². The maximum absolute atomic E-state index is 12.9. The molecule has 1 atom stereocenters. The van der Waals surface area contributed by atoms with Crippen LogP contribution in [0, 0.1) is 5.82 Å². The molecule has 1 saturated heterocycles. The summed E-state index contributed by atoms with van der Waals surface area (Å²) in [5, 5.41) is 2.87. The van der Waals surface area contributed by atoms with Crippen molar-refractivity contribution < 1.29 is 14.0 Å². The van der Waals surface area contributed by atoms with Gasteiger partial charge in [-0.25, -0.2) is 4.39 Å². The van der Waals surface area contributed by atoms with Crippen LogP contribution in [0.3, 0.4) is 0 Å². The minimum absolute atomic E-state index is 0.00696. The Bertz CT molecular complexity index is 820. The zero-order valence-corrected chi connectivity index (χ0v) is 16.3. The standard InChI is InChI=1S/C23H27FN2O2/c1-2-21-8-3-4-15-26(21)23(28)19-7-5-6-18(16-19)22(27)25-14-13-17-9-11-20(24)12-10-17/h5-7,9-12,16,21H,2-4,8,13-15H2,1H3,(H,25,27). The number of nitrogens with zero attached hydrogens (tertiary/aromatic N) is 1. The highest BCUT2D eigenvalue weighted by molar-refractivity contribution is 5.99. The van der Waals surface area contributed by atoms with Gasteiger partial charge in [0.25, 0.3) is 11.8 Å². The minimum Gasteiger partial charge on any atom is -0.352 e. The van der Waals surface area contributed by atoms with E-state index >= 15 is 0 Å². The molecule has 0 bridgehead atoms. The molecule has 0 aromatic heterocycles. The predicted octanol–water partition coefficient (Wildman–Crippen LogP) is 4.20. The fraction of sp³-hybridized carbons (Fsp3) is 0.391. The first-order valence-corrected chi connectivity index (χ1v) is 10.0. The summed E-state index contributed by atoms with van der Waals surface area (Å²) in [6.45, 7) is 3.35. The third-order valence-electron chi connectivity index (χ3n) is 5.34. The van der Waals surface area contributed by atoms with E-state index in [0.29, 0.717) is 24.1 Å². The van der Waals surface area contributed by atoms with Crippen molar-refractivity contribution in [3.63, 3.8) is 0 Å². The summed E-state index contributed by atoms with van der Waals surface area (Å²) in [6.07, 6.45) is 4.82. The molecular formula is C23H27FN2O2. The second-order valence-electron chi connectivity index (χ2n) is 7.27. The molecule has 1 aliphatic heterocycles. The summed E-state index contributed by atoms with van der Waals surface area (Å²) in [4.78, 5) is 27.4. The van der Waals surface area contributed by atoms with Crippen LogP contribution in [-0.4, -0.2) is 35.8 Å². The van der Waals surface area contributed by atoms with Crippen molar-refractivity contribution in [1.82, 2.24) is 10.2 Å². The van der Waals surface area contributed by atoms with Gasteiger partial charge in [0.2, 0.25) is 0 Å². The fourth-order valence-corrected chi connectivity index (χ4v) is 3.73. The van der Waals surface area contributed by atoms with Gasteiger partial charge in [-0.2, -0.15) is 0 Å². The molecule has 28 heavy (non-hydrogen) atoms. The quantitative estimate of drug-likeness (QED) is 0.814. The monoisotopic (exact) mass is 382 g/mol. The average molecular weight is 382 g/mol. The van der Waals surface area contributed by atoms with E-state index in [2.05, 4.69) is 12.2 Å². The van der Waals surface area contributed by atoms with Crippen LogP contribution < -0.4 is 5.32 Å². The molecule has 1 fully saturated rings. The summed E-state index contributed by atoms with van der Waals surface area (Å²) in [5.74, 6) is -0.469. The number of halogens is 1. The van der Waals surface area contributed by atoms with Gasteiger partial charge >= 0.3 is 0 Å². The summed E-state index contributed by atoms with van der Waals surface area (Å²) >= 11 is 0. The van der Waals surface area contributed by atoms with E-state index in [4.69, 9.17) is 0 Å². The van der Waals surface area contributed by atoms with Crippen molar-refractivity contribution in [2.75, 3.05) is 13.1 Å². The topological polar surface area (TPSA) is 49.4 Å². The van der Waals surface area contributed by atoms with E-state index in [1.807, 2.05) is 4.90 Å². The van der Waals surface area contributed by atoms with Crippen molar-refractivity contribution in [3.05, 3.63) is 71.0 Å². The molecule has 4 nitrogen and oxygen atoms in total. The van der Waals surface area contributed by atoms with Gasteiger partial charge in [0.05, 0.1) is 0 Å². The molecule has 1 heterocycles. The number of carbonyl (C=O) groups excluding carboxylic acids is 2. The van der Waals surface area contributed by atoms with E-state index < -0.39 is 0 Å². The Hall–Kier alpha value is -2.69. The van der Waals surface area contributed by atoms with Gasteiger partial charge in [-0.05, 0) is 68.0 Å². The van der Waals surface area contributed by atoms with E-state index in [1.54, 1.807) is 36.4 Å². The molecule has 148 valence electrons. The first-order valence-electron chi connectivity index (χ1n) is 10.0. The molecule has 2 aromatic carbocycles. The molecule has 3 rings (SSSR count). The largest absolute Gasteiger partial charge is 0.352 e. The SMILES string of the molecule is CCC1CCCCN1C(=O)c1cccc(C(=O)NCCc2ccc(F)cc2)c1. The first kappa shape index (κ1) is 20.1. The third-order valence-corrected chi connectivity index (χ3v) is 5.34. The van der Waals surface area contributed by atoms with Crippen LogP contribution in [-0.2, 0) is 6.42 Å². The summed E-state index contributed by atoms with van der Waals surface area (Å²) in [7, 11) is 0. The van der Waals surface area contributed by atoms with E-state index in [9.17, 15) is 14.0 Å². The van der Waals surface area contributed by atoms with E-state index in [1.165, 1.54) is 18.6 Å². The summed E-state index contributed by atoms with van der Waals surface area (Å²) in [5.41, 5.74) is 2.00. The lowest BCUT2D eigenvalue weighted by atomic mass is 9.98. The van der Waals surface area contributed by atoms with Crippen LogP contribution in [0.15, 0.2) is 48.5 Å². The summed E-state index contributed by atoms with van der Waals surface area (Å²) in [6, 6.07) is 13.5. The van der Waals surface area contributed by atoms with Crippen molar-refractivity contribution in [2.45, 2.75) is 45.1 Å². The van der Waals surface area contributed by atoms with Gasteiger partial charge < -0.3 is 10.2 Å². The average Bonchev–Trinajstić information content (AvgIpc) is 2.74.